The Morgan fingerprint density at radius 2 is 1.90 bits per heavy atom. The van der Waals surface area contributed by atoms with Gasteiger partial charge in [-0.25, -0.2) is 0 Å². The van der Waals surface area contributed by atoms with Crippen molar-refractivity contribution in [2.45, 2.75) is 12.1 Å². The van der Waals surface area contributed by atoms with E-state index in [9.17, 15) is 14.9 Å². The van der Waals surface area contributed by atoms with E-state index in [1.807, 2.05) is 42.5 Å². The number of nitro groups is 1. The molecule has 0 fully saturated rings. The van der Waals surface area contributed by atoms with E-state index < -0.39 is 4.92 Å². The number of aromatic nitrogens is 2. The number of non-ortho nitro benzene ring substituents is 1. The highest BCUT2D eigenvalue weighted by Gasteiger charge is 2.14. The molecular weight excluding hydrogens is 404 g/mol. The summed E-state index contributed by atoms with van der Waals surface area (Å²) < 4.78 is 5.67. The summed E-state index contributed by atoms with van der Waals surface area (Å²) in [5.74, 6) is 0.174. The van der Waals surface area contributed by atoms with Gasteiger partial charge >= 0.3 is 0 Å². The number of hydrogen-bond acceptors (Lipinski definition) is 7. The number of fused-ring (bicyclic) bond motifs is 1. The van der Waals surface area contributed by atoms with Crippen molar-refractivity contribution in [1.29, 1.82) is 0 Å². The van der Waals surface area contributed by atoms with Gasteiger partial charge in [-0.05, 0) is 41.5 Å². The van der Waals surface area contributed by atoms with E-state index >= 15 is 0 Å². The quantitative estimate of drug-likeness (QED) is 0.270. The molecule has 1 amide bonds. The number of benzene rings is 3. The van der Waals surface area contributed by atoms with Crippen molar-refractivity contribution in [3.63, 3.8) is 0 Å². The lowest BCUT2D eigenvalue weighted by Gasteiger charge is -2.07. The lowest BCUT2D eigenvalue weighted by molar-refractivity contribution is -0.384. The first kappa shape index (κ1) is 19.6. The van der Waals surface area contributed by atoms with Crippen molar-refractivity contribution < 1.29 is 14.1 Å². The van der Waals surface area contributed by atoms with Gasteiger partial charge in [-0.2, -0.15) is 0 Å². The fourth-order valence-electron chi connectivity index (χ4n) is 2.92. The maximum Gasteiger partial charge on any atom is 0.277 e. The zero-order valence-electron chi connectivity index (χ0n) is 15.9. The lowest BCUT2D eigenvalue weighted by atomic mass is 10.1. The normalized spacial score (nSPS) is 10.8. The second-order valence-electron chi connectivity index (χ2n) is 6.53. The second-order valence-corrected chi connectivity index (χ2v) is 7.45. The number of nitrogens with one attached hydrogen (secondary N) is 1. The molecule has 1 aromatic heterocycles. The molecule has 0 unspecified atom stereocenters. The second kappa shape index (κ2) is 8.34. The van der Waals surface area contributed by atoms with Crippen LogP contribution < -0.4 is 5.32 Å². The molecule has 0 spiro atoms. The molecule has 0 aliphatic carbocycles. The Bertz CT molecular complexity index is 1250. The standard InChI is InChI=1S/C21H16N4O4S/c1-13-10-17(25(27)28)8-9-18(13)22-19(26)12-30-21-24-23-20(29-21)16-7-6-14-4-2-3-5-15(14)11-16/h2-11H,12H2,1H3,(H,22,26). The molecule has 9 heteroatoms. The van der Waals surface area contributed by atoms with E-state index in [-0.39, 0.29) is 22.6 Å². The van der Waals surface area contributed by atoms with Gasteiger partial charge in [0.15, 0.2) is 0 Å². The van der Waals surface area contributed by atoms with Gasteiger partial charge in [0.2, 0.25) is 11.8 Å². The van der Waals surface area contributed by atoms with Crippen LogP contribution in [-0.4, -0.2) is 26.8 Å². The molecule has 150 valence electrons. The maximum atomic E-state index is 12.2. The van der Waals surface area contributed by atoms with Crippen LogP contribution in [-0.2, 0) is 4.79 Å². The number of hydrogen-bond donors (Lipinski definition) is 1. The molecule has 0 bridgehead atoms. The predicted molar refractivity (Wildman–Crippen MR) is 114 cm³/mol. The molecule has 4 aromatic rings. The molecule has 0 atom stereocenters. The third kappa shape index (κ3) is 4.31. The third-order valence-electron chi connectivity index (χ3n) is 4.42. The number of carbonyl (C=O) groups is 1. The highest BCUT2D eigenvalue weighted by molar-refractivity contribution is 7.99. The Kier molecular flexibility index (Phi) is 5.44. The highest BCUT2D eigenvalue weighted by Crippen LogP contribution is 2.27. The van der Waals surface area contributed by atoms with Crippen LogP contribution >= 0.6 is 11.8 Å². The van der Waals surface area contributed by atoms with Gasteiger partial charge in [-0.1, -0.05) is 42.1 Å². The first-order valence-corrected chi connectivity index (χ1v) is 9.98. The van der Waals surface area contributed by atoms with Crippen LogP contribution in [0.15, 0.2) is 70.3 Å². The van der Waals surface area contributed by atoms with Gasteiger partial charge in [0.1, 0.15) is 0 Å². The molecule has 0 saturated heterocycles. The number of nitrogens with zero attached hydrogens (tertiary/aromatic N) is 3. The molecule has 0 saturated carbocycles. The average molecular weight is 420 g/mol. The van der Waals surface area contributed by atoms with Crippen molar-refractivity contribution in [3.8, 4) is 11.5 Å². The van der Waals surface area contributed by atoms with Crippen molar-refractivity contribution in [2.75, 3.05) is 11.1 Å². The van der Waals surface area contributed by atoms with Crippen LogP contribution in [0.1, 0.15) is 5.56 Å². The Labute approximate surface area is 175 Å². The van der Waals surface area contributed by atoms with Gasteiger partial charge in [-0.15, -0.1) is 10.2 Å². The zero-order valence-corrected chi connectivity index (χ0v) is 16.7. The van der Waals surface area contributed by atoms with Gasteiger partial charge in [-0.3, -0.25) is 14.9 Å². The molecule has 30 heavy (non-hydrogen) atoms. The minimum Gasteiger partial charge on any atom is -0.411 e. The fourth-order valence-corrected chi connectivity index (χ4v) is 3.49. The molecule has 0 aliphatic heterocycles. The van der Waals surface area contributed by atoms with Gasteiger partial charge < -0.3 is 9.73 Å². The average Bonchev–Trinajstić information content (AvgIpc) is 3.22. The summed E-state index contributed by atoms with van der Waals surface area (Å²) in [6.07, 6.45) is 0. The molecule has 1 N–H and O–H groups in total. The van der Waals surface area contributed by atoms with Crippen LogP contribution in [0.4, 0.5) is 11.4 Å². The number of nitro benzene ring substituents is 1. The van der Waals surface area contributed by atoms with Crippen LogP contribution in [0, 0.1) is 17.0 Å². The number of aryl methyl sites for hydroxylation is 1. The molecule has 1 heterocycles. The Morgan fingerprint density at radius 3 is 2.67 bits per heavy atom. The van der Waals surface area contributed by atoms with E-state index in [2.05, 4.69) is 15.5 Å². The maximum absolute atomic E-state index is 12.2. The van der Waals surface area contributed by atoms with Gasteiger partial charge in [0, 0.05) is 23.4 Å². The largest absolute Gasteiger partial charge is 0.411 e. The van der Waals surface area contributed by atoms with Crippen molar-refractivity contribution in [1.82, 2.24) is 10.2 Å². The topological polar surface area (TPSA) is 111 Å². The Morgan fingerprint density at radius 1 is 1.10 bits per heavy atom. The summed E-state index contributed by atoms with van der Waals surface area (Å²) in [6, 6.07) is 18.1. The molecule has 8 nitrogen and oxygen atoms in total. The van der Waals surface area contributed by atoms with E-state index in [4.69, 9.17) is 4.42 Å². The molecule has 0 aliphatic rings. The third-order valence-corrected chi connectivity index (χ3v) is 5.24. The smallest absolute Gasteiger partial charge is 0.277 e. The molecule has 0 radical (unpaired) electrons. The SMILES string of the molecule is Cc1cc([N+](=O)[O-])ccc1NC(=O)CSc1nnc(-c2ccc3ccccc3c2)o1. The van der Waals surface area contributed by atoms with Crippen LogP contribution in [0.5, 0.6) is 0 Å². The minimum atomic E-state index is -0.475. The first-order chi connectivity index (χ1) is 14.5. The van der Waals surface area contributed by atoms with Crippen molar-refractivity contribution in [2.24, 2.45) is 0 Å². The van der Waals surface area contributed by atoms with E-state index in [1.54, 1.807) is 6.92 Å². The zero-order chi connectivity index (χ0) is 21.1. The summed E-state index contributed by atoms with van der Waals surface area (Å²) >= 11 is 1.12. The van der Waals surface area contributed by atoms with Crippen LogP contribution in [0.25, 0.3) is 22.2 Å². The van der Waals surface area contributed by atoms with E-state index in [1.165, 1.54) is 18.2 Å². The van der Waals surface area contributed by atoms with Crippen molar-refractivity contribution >= 4 is 39.8 Å². The summed E-state index contributed by atoms with van der Waals surface area (Å²) in [4.78, 5) is 22.6. The fraction of sp³-hybridized carbons (Fsp3) is 0.0952. The van der Waals surface area contributed by atoms with Crippen LogP contribution in [0.3, 0.4) is 0 Å². The predicted octanol–water partition coefficient (Wildman–Crippen LogP) is 4.84. The molecular formula is C21H16N4O4S. The number of rotatable bonds is 6. The van der Waals surface area contributed by atoms with Crippen LogP contribution in [0.2, 0.25) is 0 Å². The van der Waals surface area contributed by atoms with Gasteiger partial charge in [0.05, 0.1) is 10.7 Å². The lowest BCUT2D eigenvalue weighted by Crippen LogP contribution is -2.14. The Balaban J connectivity index is 1.39. The molecule has 4 rings (SSSR count). The number of anilines is 1. The first-order valence-electron chi connectivity index (χ1n) is 9.00. The summed E-state index contributed by atoms with van der Waals surface area (Å²) in [6.45, 7) is 1.70. The van der Waals surface area contributed by atoms with Gasteiger partial charge in [0.25, 0.3) is 10.9 Å². The number of thioether (sulfide) groups is 1. The van der Waals surface area contributed by atoms with E-state index in [0.717, 1.165) is 28.1 Å². The summed E-state index contributed by atoms with van der Waals surface area (Å²) in [5.41, 5.74) is 1.92. The summed E-state index contributed by atoms with van der Waals surface area (Å²) in [7, 11) is 0. The summed E-state index contributed by atoms with van der Waals surface area (Å²) in [5, 5.41) is 24.1. The monoisotopic (exact) mass is 420 g/mol. The minimum absolute atomic E-state index is 0.0213. The highest BCUT2D eigenvalue weighted by atomic mass is 32.2. The van der Waals surface area contributed by atoms with Crippen molar-refractivity contribution in [3.05, 3.63) is 76.3 Å². The number of amides is 1. The number of carbonyl (C=O) groups excluding carboxylic acids is 1. The van der Waals surface area contributed by atoms with E-state index in [0.29, 0.717) is 17.1 Å². The molecule has 3 aromatic carbocycles. The Hall–Kier alpha value is -3.72.